The van der Waals surface area contributed by atoms with Gasteiger partial charge in [-0.1, -0.05) is 17.8 Å². The van der Waals surface area contributed by atoms with E-state index in [1.54, 1.807) is 0 Å². The Morgan fingerprint density at radius 1 is 1.11 bits per heavy atom. The van der Waals surface area contributed by atoms with Gasteiger partial charge < -0.3 is 25.8 Å². The molecule has 1 saturated heterocycles. The van der Waals surface area contributed by atoms with E-state index in [0.717, 1.165) is 42.9 Å². The second-order valence-electron chi connectivity index (χ2n) is 6.79. The van der Waals surface area contributed by atoms with Gasteiger partial charge in [0.15, 0.2) is 16.7 Å². The standard InChI is InChI=1S/C19H23N5O3S/c20-16-10-17(21)23-19(22-16)28-11-18(25)24-6-1-3-13(24)12-4-5-14-15(9-12)27-8-2-7-26-14/h4-5,9-10,13H,1-3,6-8,11H2,(H4,20,21,22,23)/t13-/m0/s1. The Hall–Kier alpha value is -2.68. The molecule has 0 spiro atoms. The first kappa shape index (κ1) is 18.7. The third-order valence-corrected chi connectivity index (χ3v) is 5.63. The van der Waals surface area contributed by atoms with E-state index in [9.17, 15) is 4.79 Å². The fourth-order valence-corrected chi connectivity index (χ4v) is 4.29. The Kier molecular flexibility index (Phi) is 5.43. The van der Waals surface area contributed by atoms with Crippen molar-refractivity contribution in [3.05, 3.63) is 29.8 Å². The molecule has 148 valence electrons. The molecular weight excluding hydrogens is 378 g/mol. The number of benzene rings is 1. The summed E-state index contributed by atoms with van der Waals surface area (Å²) >= 11 is 1.25. The number of likely N-dealkylation sites (tertiary alicyclic amines) is 1. The number of nitrogen functional groups attached to an aromatic ring is 2. The van der Waals surface area contributed by atoms with Crippen molar-refractivity contribution in [2.45, 2.75) is 30.5 Å². The van der Waals surface area contributed by atoms with Crippen LogP contribution in [0.3, 0.4) is 0 Å². The van der Waals surface area contributed by atoms with Crippen molar-refractivity contribution in [3.8, 4) is 11.5 Å². The Morgan fingerprint density at radius 2 is 1.86 bits per heavy atom. The number of aromatic nitrogens is 2. The SMILES string of the molecule is Nc1cc(N)nc(SCC(=O)N2CCC[C@H]2c2ccc3c(c2)OCCCO3)n1. The molecule has 1 fully saturated rings. The molecule has 0 bridgehead atoms. The highest BCUT2D eigenvalue weighted by Gasteiger charge is 2.30. The lowest BCUT2D eigenvalue weighted by Crippen LogP contribution is -2.32. The van der Waals surface area contributed by atoms with Crippen LogP contribution in [0.15, 0.2) is 29.4 Å². The number of amides is 1. The van der Waals surface area contributed by atoms with Gasteiger partial charge in [0.25, 0.3) is 0 Å². The van der Waals surface area contributed by atoms with E-state index in [1.165, 1.54) is 17.8 Å². The maximum atomic E-state index is 12.8. The summed E-state index contributed by atoms with van der Waals surface area (Å²) in [6, 6.07) is 7.50. The quantitative estimate of drug-likeness (QED) is 0.592. The van der Waals surface area contributed by atoms with E-state index in [1.807, 2.05) is 23.1 Å². The number of nitrogens with two attached hydrogens (primary N) is 2. The van der Waals surface area contributed by atoms with Crippen LogP contribution in [0.4, 0.5) is 11.6 Å². The zero-order valence-corrected chi connectivity index (χ0v) is 16.3. The van der Waals surface area contributed by atoms with E-state index in [4.69, 9.17) is 20.9 Å². The monoisotopic (exact) mass is 401 g/mol. The van der Waals surface area contributed by atoms with Crippen LogP contribution in [-0.4, -0.2) is 46.3 Å². The highest BCUT2D eigenvalue weighted by Crippen LogP contribution is 2.38. The van der Waals surface area contributed by atoms with Crippen molar-refractivity contribution in [1.29, 1.82) is 0 Å². The number of ether oxygens (including phenoxy) is 2. The average Bonchev–Trinajstić information content (AvgIpc) is 3.04. The lowest BCUT2D eigenvalue weighted by Gasteiger charge is -2.25. The molecule has 1 atom stereocenters. The van der Waals surface area contributed by atoms with Gasteiger partial charge >= 0.3 is 0 Å². The first-order chi connectivity index (χ1) is 13.6. The van der Waals surface area contributed by atoms with Crippen LogP contribution in [0, 0.1) is 0 Å². The zero-order valence-electron chi connectivity index (χ0n) is 15.5. The van der Waals surface area contributed by atoms with Crippen molar-refractivity contribution >= 4 is 29.3 Å². The number of thioether (sulfide) groups is 1. The Morgan fingerprint density at radius 3 is 2.64 bits per heavy atom. The fourth-order valence-electron chi connectivity index (χ4n) is 3.53. The maximum Gasteiger partial charge on any atom is 0.233 e. The molecule has 0 aliphatic carbocycles. The average molecular weight is 401 g/mol. The number of rotatable bonds is 4. The van der Waals surface area contributed by atoms with Gasteiger partial charge in [0.1, 0.15) is 11.6 Å². The zero-order chi connectivity index (χ0) is 19.5. The summed E-state index contributed by atoms with van der Waals surface area (Å²) in [5.74, 6) is 2.41. The van der Waals surface area contributed by atoms with Gasteiger partial charge in [-0.3, -0.25) is 4.79 Å². The minimum Gasteiger partial charge on any atom is -0.490 e. The highest BCUT2D eigenvalue weighted by molar-refractivity contribution is 7.99. The third kappa shape index (κ3) is 4.09. The lowest BCUT2D eigenvalue weighted by atomic mass is 10.0. The van der Waals surface area contributed by atoms with Crippen LogP contribution >= 0.6 is 11.8 Å². The lowest BCUT2D eigenvalue weighted by molar-refractivity contribution is -0.129. The molecule has 8 nitrogen and oxygen atoms in total. The topological polar surface area (TPSA) is 117 Å². The number of anilines is 2. The number of carbonyl (C=O) groups excluding carboxylic acids is 1. The first-order valence-electron chi connectivity index (χ1n) is 9.32. The Balaban J connectivity index is 1.45. The van der Waals surface area contributed by atoms with Gasteiger partial charge in [-0.2, -0.15) is 0 Å². The molecule has 1 aromatic carbocycles. The van der Waals surface area contributed by atoms with Crippen molar-refractivity contribution < 1.29 is 14.3 Å². The van der Waals surface area contributed by atoms with Crippen molar-refractivity contribution in [1.82, 2.24) is 14.9 Å². The largest absolute Gasteiger partial charge is 0.490 e. The maximum absolute atomic E-state index is 12.8. The molecule has 2 aromatic rings. The molecule has 3 heterocycles. The summed E-state index contributed by atoms with van der Waals surface area (Å²) in [4.78, 5) is 23.0. The van der Waals surface area contributed by atoms with Crippen molar-refractivity contribution in [2.75, 3.05) is 37.0 Å². The number of nitrogens with zero attached hydrogens (tertiary/aromatic N) is 3. The molecule has 4 N–H and O–H groups in total. The fraction of sp³-hybridized carbons (Fsp3) is 0.421. The van der Waals surface area contributed by atoms with Crippen LogP contribution in [0.25, 0.3) is 0 Å². The predicted molar refractivity (Wildman–Crippen MR) is 107 cm³/mol. The Bertz CT molecular complexity index is 858. The molecule has 28 heavy (non-hydrogen) atoms. The molecule has 2 aliphatic rings. The molecule has 1 aromatic heterocycles. The van der Waals surface area contributed by atoms with Crippen LogP contribution in [-0.2, 0) is 4.79 Å². The van der Waals surface area contributed by atoms with E-state index >= 15 is 0 Å². The van der Waals surface area contributed by atoms with Gasteiger partial charge in [0.2, 0.25) is 5.91 Å². The molecule has 0 saturated carbocycles. The first-order valence-corrected chi connectivity index (χ1v) is 10.3. The van der Waals surface area contributed by atoms with Crippen LogP contribution in [0.5, 0.6) is 11.5 Å². The van der Waals surface area contributed by atoms with Gasteiger partial charge in [-0.25, -0.2) is 9.97 Å². The summed E-state index contributed by atoms with van der Waals surface area (Å²) in [5.41, 5.74) is 12.5. The molecule has 9 heteroatoms. The Labute approximate surface area is 167 Å². The second-order valence-corrected chi connectivity index (χ2v) is 7.73. The van der Waals surface area contributed by atoms with E-state index in [-0.39, 0.29) is 17.7 Å². The summed E-state index contributed by atoms with van der Waals surface area (Å²) < 4.78 is 11.5. The van der Waals surface area contributed by atoms with Gasteiger partial charge in [-0.05, 0) is 30.5 Å². The van der Waals surface area contributed by atoms with Gasteiger partial charge in [-0.15, -0.1) is 0 Å². The van der Waals surface area contributed by atoms with Crippen molar-refractivity contribution in [3.63, 3.8) is 0 Å². The molecule has 4 rings (SSSR count). The summed E-state index contributed by atoms with van der Waals surface area (Å²) in [6.07, 6.45) is 2.76. The molecule has 1 amide bonds. The second kappa shape index (κ2) is 8.14. The normalized spacial score (nSPS) is 18.7. The van der Waals surface area contributed by atoms with Crippen LogP contribution in [0.1, 0.15) is 30.9 Å². The number of hydrogen-bond donors (Lipinski definition) is 2. The number of carbonyl (C=O) groups is 1. The highest BCUT2D eigenvalue weighted by atomic mass is 32.2. The van der Waals surface area contributed by atoms with E-state index in [0.29, 0.717) is 30.0 Å². The minimum absolute atomic E-state index is 0.0390. The smallest absolute Gasteiger partial charge is 0.233 e. The van der Waals surface area contributed by atoms with E-state index in [2.05, 4.69) is 9.97 Å². The summed E-state index contributed by atoms with van der Waals surface area (Å²) in [7, 11) is 0. The molecule has 2 aliphatic heterocycles. The van der Waals surface area contributed by atoms with E-state index < -0.39 is 0 Å². The van der Waals surface area contributed by atoms with Crippen molar-refractivity contribution in [2.24, 2.45) is 0 Å². The summed E-state index contributed by atoms with van der Waals surface area (Å²) in [6.45, 7) is 2.04. The van der Waals surface area contributed by atoms with Gasteiger partial charge in [0, 0.05) is 19.0 Å². The predicted octanol–water partition coefficient (Wildman–Crippen LogP) is 2.26. The van der Waals surface area contributed by atoms with Crippen LogP contribution < -0.4 is 20.9 Å². The number of hydrogen-bond acceptors (Lipinski definition) is 8. The van der Waals surface area contributed by atoms with Gasteiger partial charge in [0.05, 0.1) is 25.0 Å². The molecule has 0 radical (unpaired) electrons. The minimum atomic E-state index is 0.0390. The molecular formula is C19H23N5O3S. The van der Waals surface area contributed by atoms with Crippen LogP contribution in [0.2, 0.25) is 0 Å². The third-order valence-electron chi connectivity index (χ3n) is 4.80. The number of fused-ring (bicyclic) bond motifs is 1. The summed E-state index contributed by atoms with van der Waals surface area (Å²) in [5, 5.41) is 0.414. The molecule has 0 unspecified atom stereocenters.